The van der Waals surface area contributed by atoms with Crippen LogP contribution in [-0.2, 0) is 4.79 Å². The van der Waals surface area contributed by atoms with Crippen LogP contribution in [0.1, 0.15) is 25.7 Å². The topological polar surface area (TPSA) is 144 Å². The van der Waals surface area contributed by atoms with E-state index in [0.29, 0.717) is 6.54 Å². The van der Waals surface area contributed by atoms with E-state index in [0.717, 1.165) is 37.4 Å². The van der Waals surface area contributed by atoms with E-state index < -0.39 is 17.8 Å². The third-order valence-corrected chi connectivity index (χ3v) is 5.90. The molecule has 1 amide bonds. The maximum Gasteiger partial charge on any atom is 0.229 e. The molecule has 1 atom stereocenters. The van der Waals surface area contributed by atoms with Crippen LogP contribution in [0, 0.1) is 17.7 Å². The lowest BCUT2D eigenvalue weighted by Crippen LogP contribution is -2.57. The van der Waals surface area contributed by atoms with Crippen LogP contribution in [0.4, 0.5) is 20.2 Å². The second kappa shape index (κ2) is 10.5. The molecule has 1 aliphatic carbocycles. The number of aliphatic imine (C=N–C) groups is 1. The van der Waals surface area contributed by atoms with Crippen LogP contribution in [0.5, 0.6) is 0 Å². The predicted octanol–water partition coefficient (Wildman–Crippen LogP) is 1.79. The first kappa shape index (κ1) is 23.6. The molecule has 32 heavy (non-hydrogen) atoms. The number of pyridine rings is 1. The van der Waals surface area contributed by atoms with Gasteiger partial charge in [0.2, 0.25) is 11.9 Å². The molecule has 1 unspecified atom stereocenters. The maximum absolute atomic E-state index is 13.3. The van der Waals surface area contributed by atoms with Gasteiger partial charge < -0.3 is 27.8 Å². The zero-order chi connectivity index (χ0) is 23.1. The highest BCUT2D eigenvalue weighted by molar-refractivity contribution is 6.02. The van der Waals surface area contributed by atoms with Crippen molar-refractivity contribution in [2.24, 2.45) is 28.1 Å². The zero-order valence-corrected chi connectivity index (χ0v) is 17.7. The van der Waals surface area contributed by atoms with E-state index in [4.69, 9.17) is 17.2 Å². The minimum atomic E-state index is -0.871. The Kier molecular flexibility index (Phi) is 7.70. The lowest BCUT2D eigenvalue weighted by molar-refractivity contribution is -0.119. The molecule has 2 aromatic rings. The Labute approximate surface area is 185 Å². The molecule has 8 nitrogen and oxygen atoms in total. The molecule has 1 saturated carbocycles. The third-order valence-electron chi connectivity index (χ3n) is 5.90. The number of hydrogen-bond donors (Lipinski definition) is 5. The first-order chi connectivity index (χ1) is 15.3. The first-order valence-electron chi connectivity index (χ1n) is 10.5. The summed E-state index contributed by atoms with van der Waals surface area (Å²) < 4.78 is 26.4. The van der Waals surface area contributed by atoms with Gasteiger partial charge in [-0.15, -0.1) is 0 Å². The van der Waals surface area contributed by atoms with Gasteiger partial charge in [0, 0.05) is 42.6 Å². The molecule has 1 aromatic carbocycles. The molecule has 1 aliphatic rings. The fourth-order valence-corrected chi connectivity index (χ4v) is 3.91. The lowest BCUT2D eigenvalue weighted by Gasteiger charge is -2.41. The number of benzene rings is 1. The summed E-state index contributed by atoms with van der Waals surface area (Å²) in [7, 11) is 0. The number of carbonyl (C=O) groups excluding carboxylic acids is 1. The van der Waals surface area contributed by atoms with E-state index in [1.54, 1.807) is 12.1 Å². The van der Waals surface area contributed by atoms with E-state index >= 15 is 0 Å². The van der Waals surface area contributed by atoms with Crippen LogP contribution in [0.2, 0.25) is 0 Å². The molecule has 0 radical (unpaired) electrons. The predicted molar refractivity (Wildman–Crippen MR) is 120 cm³/mol. The van der Waals surface area contributed by atoms with E-state index in [-0.39, 0.29) is 35.5 Å². The number of rotatable bonds is 9. The number of aromatic nitrogens is 1. The average Bonchev–Trinajstić information content (AvgIpc) is 2.76. The maximum atomic E-state index is 13.3. The monoisotopic (exact) mass is 445 g/mol. The molecule has 10 heteroatoms. The molecule has 0 saturated heterocycles. The van der Waals surface area contributed by atoms with Gasteiger partial charge in [0.25, 0.3) is 0 Å². The Bertz CT molecular complexity index is 944. The first-order valence-corrected chi connectivity index (χ1v) is 10.5. The smallest absolute Gasteiger partial charge is 0.229 e. The SMILES string of the molecule is NCC1(NCC(C(N)=O)C(N)=Nc2ccnc(F)c2)CCC(Nc2ccc(F)cc2)CC1. The number of amidine groups is 1. The van der Waals surface area contributed by atoms with Crippen molar-refractivity contribution < 1.29 is 13.6 Å². The van der Waals surface area contributed by atoms with Crippen molar-refractivity contribution in [3.63, 3.8) is 0 Å². The van der Waals surface area contributed by atoms with Crippen LogP contribution in [0.25, 0.3) is 0 Å². The normalized spacial score (nSPS) is 22.3. The summed E-state index contributed by atoms with van der Waals surface area (Å²) in [6.07, 6.45) is 4.52. The van der Waals surface area contributed by atoms with E-state index in [9.17, 15) is 13.6 Å². The molecule has 8 N–H and O–H groups in total. The van der Waals surface area contributed by atoms with Crippen molar-refractivity contribution in [1.82, 2.24) is 10.3 Å². The Balaban J connectivity index is 1.60. The second-order valence-corrected chi connectivity index (χ2v) is 8.12. The van der Waals surface area contributed by atoms with E-state index in [2.05, 4.69) is 20.6 Å². The minimum Gasteiger partial charge on any atom is -0.386 e. The van der Waals surface area contributed by atoms with Gasteiger partial charge in [0.1, 0.15) is 17.6 Å². The number of anilines is 1. The standard InChI is InChI=1S/C22H29F2N7O/c23-14-1-3-15(4-2-14)30-16-5-8-22(13-25,9-6-16)29-12-18(21(27)32)20(26)31-17-7-10-28-19(24)11-17/h1-4,7,10-11,16,18,29-30H,5-6,8-9,12-13,25H2,(H2,27,32)(H2,26,28,31). The molecule has 3 rings (SSSR count). The summed E-state index contributed by atoms with van der Waals surface area (Å²) in [5, 5.41) is 6.80. The molecular formula is C22H29F2N7O. The van der Waals surface area contributed by atoms with Crippen molar-refractivity contribution in [2.45, 2.75) is 37.3 Å². The van der Waals surface area contributed by atoms with Gasteiger partial charge in [0.15, 0.2) is 0 Å². The number of nitrogens with two attached hydrogens (primary N) is 3. The highest BCUT2D eigenvalue weighted by atomic mass is 19.1. The Morgan fingerprint density at radius 3 is 2.47 bits per heavy atom. The molecule has 0 spiro atoms. The van der Waals surface area contributed by atoms with Crippen LogP contribution < -0.4 is 27.8 Å². The number of carbonyl (C=O) groups is 1. The highest BCUT2D eigenvalue weighted by Crippen LogP contribution is 2.30. The van der Waals surface area contributed by atoms with Crippen LogP contribution in [-0.4, -0.2) is 41.4 Å². The van der Waals surface area contributed by atoms with Gasteiger partial charge in [-0.05, 0) is 56.0 Å². The molecule has 1 fully saturated rings. The van der Waals surface area contributed by atoms with Gasteiger partial charge in [-0.25, -0.2) is 14.4 Å². The number of halogens is 2. The number of nitrogens with zero attached hydrogens (tertiary/aromatic N) is 2. The summed E-state index contributed by atoms with van der Waals surface area (Å²) in [6, 6.07) is 9.12. The Morgan fingerprint density at radius 2 is 1.88 bits per heavy atom. The van der Waals surface area contributed by atoms with Crippen molar-refractivity contribution in [3.05, 3.63) is 54.4 Å². The largest absolute Gasteiger partial charge is 0.386 e. The Hall–Kier alpha value is -3.11. The Morgan fingerprint density at radius 1 is 1.19 bits per heavy atom. The molecular weight excluding hydrogens is 416 g/mol. The van der Waals surface area contributed by atoms with Gasteiger partial charge in [-0.3, -0.25) is 4.79 Å². The molecule has 0 bridgehead atoms. The molecule has 0 aliphatic heterocycles. The van der Waals surface area contributed by atoms with E-state index in [1.807, 2.05) is 0 Å². The van der Waals surface area contributed by atoms with Crippen molar-refractivity contribution in [3.8, 4) is 0 Å². The van der Waals surface area contributed by atoms with E-state index in [1.165, 1.54) is 24.4 Å². The average molecular weight is 446 g/mol. The van der Waals surface area contributed by atoms with Gasteiger partial charge in [-0.2, -0.15) is 4.39 Å². The quantitative estimate of drug-likeness (QED) is 0.226. The third kappa shape index (κ3) is 6.21. The summed E-state index contributed by atoms with van der Waals surface area (Å²) in [5.41, 5.74) is 18.4. The fourth-order valence-electron chi connectivity index (χ4n) is 3.91. The van der Waals surface area contributed by atoms with Crippen LogP contribution in [0.15, 0.2) is 47.6 Å². The highest BCUT2D eigenvalue weighted by Gasteiger charge is 2.35. The molecule has 1 aromatic heterocycles. The molecule has 172 valence electrons. The summed E-state index contributed by atoms with van der Waals surface area (Å²) in [4.78, 5) is 19.6. The summed E-state index contributed by atoms with van der Waals surface area (Å²) in [6.45, 7) is 0.555. The fraction of sp³-hybridized carbons (Fsp3) is 0.409. The number of nitrogens with one attached hydrogen (secondary N) is 2. The number of amides is 1. The summed E-state index contributed by atoms with van der Waals surface area (Å²) >= 11 is 0. The van der Waals surface area contributed by atoms with Crippen molar-refractivity contribution in [1.29, 1.82) is 0 Å². The van der Waals surface area contributed by atoms with Gasteiger partial charge in [0.05, 0.1) is 5.69 Å². The minimum absolute atomic E-state index is 0.00515. The zero-order valence-electron chi connectivity index (χ0n) is 17.7. The molecule has 1 heterocycles. The van der Waals surface area contributed by atoms with Crippen LogP contribution >= 0.6 is 0 Å². The van der Waals surface area contributed by atoms with Crippen molar-refractivity contribution in [2.75, 3.05) is 18.4 Å². The van der Waals surface area contributed by atoms with Gasteiger partial charge in [-0.1, -0.05) is 0 Å². The summed E-state index contributed by atoms with van der Waals surface area (Å²) in [5.74, 6) is -2.47. The second-order valence-electron chi connectivity index (χ2n) is 8.12. The van der Waals surface area contributed by atoms with Crippen molar-refractivity contribution >= 4 is 23.1 Å². The van der Waals surface area contributed by atoms with Crippen LogP contribution in [0.3, 0.4) is 0 Å². The van der Waals surface area contributed by atoms with Gasteiger partial charge >= 0.3 is 0 Å². The number of hydrogen-bond acceptors (Lipinski definition) is 6. The lowest BCUT2D eigenvalue weighted by atomic mass is 9.79. The number of primary amides is 1.